The van der Waals surface area contributed by atoms with Gasteiger partial charge in [0.15, 0.2) is 0 Å². The molecule has 0 atom stereocenters. The van der Waals surface area contributed by atoms with Crippen LogP contribution in [0.25, 0.3) is 0 Å². The van der Waals surface area contributed by atoms with E-state index in [9.17, 15) is 4.79 Å². The Bertz CT molecular complexity index is 102. The van der Waals surface area contributed by atoms with Crippen molar-refractivity contribution in [1.82, 2.24) is 0 Å². The summed E-state index contributed by atoms with van der Waals surface area (Å²) in [6.07, 6.45) is 5.74. The molecule has 0 aromatic carbocycles. The van der Waals surface area contributed by atoms with Crippen molar-refractivity contribution in [2.75, 3.05) is 13.2 Å². The van der Waals surface area contributed by atoms with Crippen LogP contribution in [-0.4, -0.2) is 29.2 Å². The fraction of sp³-hybridized carbons (Fsp3) is 0.889. The Hall–Kier alpha value is -0.410. The molecule has 0 aromatic heterocycles. The van der Waals surface area contributed by atoms with Crippen molar-refractivity contribution in [1.29, 1.82) is 0 Å². The Balaban J connectivity index is 0.000000217. The molecule has 0 bridgehead atoms. The molecular formula is C9H18O3. The molecule has 72 valence electrons. The fourth-order valence-electron chi connectivity index (χ4n) is 1.02. The summed E-state index contributed by atoms with van der Waals surface area (Å²) in [4.78, 5) is 10.5. The van der Waals surface area contributed by atoms with Crippen molar-refractivity contribution in [3.63, 3.8) is 0 Å². The van der Waals surface area contributed by atoms with Gasteiger partial charge in [-0.25, -0.2) is 0 Å². The average Bonchev–Trinajstić information content (AvgIpc) is 2.08. The molecule has 0 spiro atoms. The van der Waals surface area contributed by atoms with Gasteiger partial charge in [-0.3, -0.25) is 4.79 Å². The molecule has 1 fully saturated rings. The van der Waals surface area contributed by atoms with Gasteiger partial charge in [0, 0.05) is 26.1 Å². The lowest BCUT2D eigenvalue weighted by Gasteiger charge is -2.05. The number of rotatable bonds is 2. The molecule has 2 N–H and O–H groups in total. The zero-order valence-electron chi connectivity index (χ0n) is 7.46. The Morgan fingerprint density at radius 1 is 1.00 bits per heavy atom. The number of Topliss-reactive ketones (excluding diaryl/α,β-unsaturated/α-hetero) is 1. The molecule has 0 aromatic rings. The van der Waals surface area contributed by atoms with Crippen LogP contribution < -0.4 is 0 Å². The van der Waals surface area contributed by atoms with Crippen molar-refractivity contribution < 1.29 is 15.0 Å². The van der Waals surface area contributed by atoms with Gasteiger partial charge in [0.25, 0.3) is 0 Å². The van der Waals surface area contributed by atoms with E-state index in [0.29, 0.717) is 12.2 Å². The van der Waals surface area contributed by atoms with Crippen LogP contribution in [0.3, 0.4) is 0 Å². The molecule has 0 radical (unpaired) electrons. The largest absolute Gasteiger partial charge is 0.396 e. The summed E-state index contributed by atoms with van der Waals surface area (Å²) in [5.74, 6) is 0.464. The summed E-state index contributed by atoms with van der Waals surface area (Å²) in [6, 6.07) is 0. The van der Waals surface area contributed by atoms with E-state index in [1.807, 2.05) is 0 Å². The first-order chi connectivity index (χ1) is 5.81. The number of carbonyl (C=O) groups is 1. The van der Waals surface area contributed by atoms with Crippen LogP contribution in [0.2, 0.25) is 0 Å². The van der Waals surface area contributed by atoms with E-state index in [2.05, 4.69) is 0 Å². The third-order valence-corrected chi connectivity index (χ3v) is 1.73. The molecule has 3 heteroatoms. The highest BCUT2D eigenvalue weighted by atomic mass is 16.3. The quantitative estimate of drug-likeness (QED) is 0.653. The highest BCUT2D eigenvalue weighted by Crippen LogP contribution is 2.12. The second-order valence-electron chi connectivity index (χ2n) is 2.90. The second-order valence-corrected chi connectivity index (χ2v) is 2.90. The van der Waals surface area contributed by atoms with Crippen LogP contribution >= 0.6 is 0 Å². The highest BCUT2D eigenvalue weighted by molar-refractivity contribution is 5.78. The maximum atomic E-state index is 10.5. The first kappa shape index (κ1) is 11.6. The predicted octanol–water partition coefficient (Wildman–Crippen LogP) is 0.881. The molecule has 1 aliphatic carbocycles. The third-order valence-electron chi connectivity index (χ3n) is 1.73. The fourth-order valence-corrected chi connectivity index (χ4v) is 1.02. The predicted molar refractivity (Wildman–Crippen MR) is 46.9 cm³/mol. The molecule has 0 unspecified atom stereocenters. The summed E-state index contributed by atoms with van der Waals surface area (Å²) in [5, 5.41) is 15.8. The SMILES string of the molecule is O=C1CCCCC1.OCCCO. The van der Waals surface area contributed by atoms with Crippen molar-refractivity contribution in [3.05, 3.63) is 0 Å². The molecule has 12 heavy (non-hydrogen) atoms. The van der Waals surface area contributed by atoms with E-state index in [1.54, 1.807) is 0 Å². The zero-order chi connectivity index (χ0) is 9.23. The molecule has 0 heterocycles. The van der Waals surface area contributed by atoms with Crippen LogP contribution in [0.5, 0.6) is 0 Å². The van der Waals surface area contributed by atoms with E-state index in [4.69, 9.17) is 10.2 Å². The minimum Gasteiger partial charge on any atom is -0.396 e. The standard InChI is InChI=1S/C6H10O.C3H8O2/c7-6-4-2-1-3-5-6;4-2-1-3-5/h1-5H2;4-5H,1-3H2. The first-order valence-corrected chi connectivity index (χ1v) is 4.54. The lowest BCUT2D eigenvalue weighted by Crippen LogP contribution is -2.02. The van der Waals surface area contributed by atoms with Crippen molar-refractivity contribution in [2.24, 2.45) is 0 Å². The Morgan fingerprint density at radius 3 is 1.67 bits per heavy atom. The summed E-state index contributed by atoms with van der Waals surface area (Å²) in [7, 11) is 0. The van der Waals surface area contributed by atoms with E-state index < -0.39 is 0 Å². The van der Waals surface area contributed by atoms with E-state index in [1.165, 1.54) is 6.42 Å². The van der Waals surface area contributed by atoms with Crippen LogP contribution in [0.4, 0.5) is 0 Å². The van der Waals surface area contributed by atoms with Gasteiger partial charge in [0.05, 0.1) is 0 Å². The van der Waals surface area contributed by atoms with E-state index >= 15 is 0 Å². The monoisotopic (exact) mass is 174 g/mol. The molecule has 1 rings (SSSR count). The minimum absolute atomic E-state index is 0.0938. The highest BCUT2D eigenvalue weighted by Gasteiger charge is 2.05. The maximum Gasteiger partial charge on any atom is 0.132 e. The zero-order valence-corrected chi connectivity index (χ0v) is 7.46. The molecular weight excluding hydrogens is 156 g/mol. The maximum absolute atomic E-state index is 10.5. The summed E-state index contributed by atoms with van der Waals surface area (Å²) in [5.41, 5.74) is 0. The Labute approximate surface area is 73.4 Å². The number of hydrogen-bond acceptors (Lipinski definition) is 3. The van der Waals surface area contributed by atoms with Crippen molar-refractivity contribution in [2.45, 2.75) is 38.5 Å². The molecule has 1 saturated carbocycles. The molecule has 3 nitrogen and oxygen atoms in total. The van der Waals surface area contributed by atoms with Gasteiger partial charge in [-0.2, -0.15) is 0 Å². The Morgan fingerprint density at radius 2 is 1.50 bits per heavy atom. The Kier molecular flexibility index (Phi) is 8.39. The molecule has 0 amide bonds. The van der Waals surface area contributed by atoms with Gasteiger partial charge in [0.2, 0.25) is 0 Å². The van der Waals surface area contributed by atoms with Crippen LogP contribution in [0, 0.1) is 0 Å². The smallest absolute Gasteiger partial charge is 0.132 e. The summed E-state index contributed by atoms with van der Waals surface area (Å²) < 4.78 is 0. The summed E-state index contributed by atoms with van der Waals surface area (Å²) >= 11 is 0. The van der Waals surface area contributed by atoms with E-state index in [-0.39, 0.29) is 13.2 Å². The van der Waals surface area contributed by atoms with Gasteiger partial charge in [-0.05, 0) is 19.3 Å². The number of aliphatic hydroxyl groups excluding tert-OH is 2. The first-order valence-electron chi connectivity index (χ1n) is 4.54. The van der Waals surface area contributed by atoms with Gasteiger partial charge < -0.3 is 10.2 Å². The number of aliphatic hydroxyl groups is 2. The second kappa shape index (κ2) is 8.68. The van der Waals surface area contributed by atoms with Crippen molar-refractivity contribution in [3.8, 4) is 0 Å². The van der Waals surface area contributed by atoms with Gasteiger partial charge in [-0.1, -0.05) is 6.42 Å². The van der Waals surface area contributed by atoms with Gasteiger partial charge >= 0.3 is 0 Å². The minimum atomic E-state index is 0.0938. The third kappa shape index (κ3) is 7.69. The van der Waals surface area contributed by atoms with Crippen LogP contribution in [-0.2, 0) is 4.79 Å². The van der Waals surface area contributed by atoms with Gasteiger partial charge in [0.1, 0.15) is 5.78 Å². The van der Waals surface area contributed by atoms with Crippen LogP contribution in [0.1, 0.15) is 38.5 Å². The normalized spacial score (nSPS) is 16.7. The molecule has 0 saturated heterocycles. The lowest BCUT2D eigenvalue weighted by atomic mass is 10.00. The van der Waals surface area contributed by atoms with Gasteiger partial charge in [-0.15, -0.1) is 0 Å². The summed E-state index contributed by atoms with van der Waals surface area (Å²) in [6.45, 7) is 0.188. The topological polar surface area (TPSA) is 57.5 Å². The number of hydrogen-bond donors (Lipinski definition) is 2. The molecule has 0 aliphatic heterocycles. The lowest BCUT2D eigenvalue weighted by molar-refractivity contribution is -0.120. The van der Waals surface area contributed by atoms with Crippen LogP contribution in [0.15, 0.2) is 0 Å². The van der Waals surface area contributed by atoms with Crippen molar-refractivity contribution >= 4 is 5.78 Å². The number of ketones is 1. The van der Waals surface area contributed by atoms with E-state index in [0.717, 1.165) is 25.7 Å². The molecule has 1 aliphatic rings. The average molecular weight is 174 g/mol. The number of carbonyl (C=O) groups excluding carboxylic acids is 1.